The second-order valence-electron chi connectivity index (χ2n) is 4.30. The van der Waals surface area contributed by atoms with Gasteiger partial charge >= 0.3 is 0 Å². The van der Waals surface area contributed by atoms with Crippen molar-refractivity contribution in [2.45, 2.75) is 19.3 Å². The largest absolute Gasteiger partial charge is 0.292 e. The number of carbonyl (C=O) groups is 1. The Labute approximate surface area is 94.7 Å². The van der Waals surface area contributed by atoms with Crippen LogP contribution in [0.25, 0.3) is 0 Å². The van der Waals surface area contributed by atoms with E-state index >= 15 is 0 Å². The maximum atomic E-state index is 12.3. The molecule has 0 amide bonds. The maximum Gasteiger partial charge on any atom is 0.191 e. The van der Waals surface area contributed by atoms with Crippen LogP contribution in [-0.2, 0) is 6.42 Å². The van der Waals surface area contributed by atoms with Gasteiger partial charge in [-0.3, -0.25) is 9.79 Å². The van der Waals surface area contributed by atoms with E-state index in [-0.39, 0.29) is 5.78 Å². The molecular formula is C14H13NO. The zero-order chi connectivity index (χ0) is 11.0. The van der Waals surface area contributed by atoms with Gasteiger partial charge in [0.25, 0.3) is 0 Å². The fraction of sp³-hybridized carbons (Fsp3) is 0.286. The number of Topliss-reactive ketones (excluding diaryl/α,β-unsaturated/α-hetero) is 1. The summed E-state index contributed by atoms with van der Waals surface area (Å²) in [5.74, 6) is 0.194. The van der Waals surface area contributed by atoms with Gasteiger partial charge in [-0.15, -0.1) is 0 Å². The third-order valence-corrected chi connectivity index (χ3v) is 3.38. The number of ketones is 1. The van der Waals surface area contributed by atoms with E-state index in [1.807, 2.05) is 24.4 Å². The highest BCUT2D eigenvalue weighted by Crippen LogP contribution is 2.28. The van der Waals surface area contributed by atoms with E-state index in [9.17, 15) is 4.79 Å². The molecule has 0 radical (unpaired) electrons. The normalized spacial score (nSPS) is 19.1. The van der Waals surface area contributed by atoms with E-state index in [0.717, 1.165) is 30.4 Å². The summed E-state index contributed by atoms with van der Waals surface area (Å²) >= 11 is 0. The van der Waals surface area contributed by atoms with Crippen molar-refractivity contribution in [1.82, 2.24) is 0 Å². The molecule has 1 aliphatic carbocycles. The monoisotopic (exact) mass is 211 g/mol. The van der Waals surface area contributed by atoms with Crippen molar-refractivity contribution in [3.05, 3.63) is 46.5 Å². The summed E-state index contributed by atoms with van der Waals surface area (Å²) in [5.41, 5.74) is 4.29. The minimum Gasteiger partial charge on any atom is -0.292 e. The highest BCUT2D eigenvalue weighted by atomic mass is 16.1. The molecule has 0 N–H and O–H groups in total. The third kappa shape index (κ3) is 1.42. The summed E-state index contributed by atoms with van der Waals surface area (Å²) in [7, 11) is 0. The first-order valence-corrected chi connectivity index (χ1v) is 5.68. The van der Waals surface area contributed by atoms with Crippen molar-refractivity contribution in [2.75, 3.05) is 6.54 Å². The smallest absolute Gasteiger partial charge is 0.191 e. The standard InChI is InChI=1S/C14H13NO/c16-14-12-4-2-1-3-10(12)5-6-11-7-8-15-9-13(11)14/h1-4,8H,5-7,9H2. The Morgan fingerprint density at radius 1 is 1.12 bits per heavy atom. The molecule has 16 heavy (non-hydrogen) atoms. The van der Waals surface area contributed by atoms with Gasteiger partial charge in [-0.1, -0.05) is 29.8 Å². The van der Waals surface area contributed by atoms with Crippen LogP contribution in [0.5, 0.6) is 0 Å². The predicted molar refractivity (Wildman–Crippen MR) is 64.1 cm³/mol. The number of fused-ring (bicyclic) bond motifs is 1. The first-order valence-electron chi connectivity index (χ1n) is 5.68. The molecular weight excluding hydrogens is 198 g/mol. The van der Waals surface area contributed by atoms with Crippen LogP contribution in [-0.4, -0.2) is 18.5 Å². The summed E-state index contributed by atoms with van der Waals surface area (Å²) in [4.78, 5) is 16.6. The van der Waals surface area contributed by atoms with Gasteiger partial charge in [0.05, 0.1) is 6.54 Å². The van der Waals surface area contributed by atoms with Crippen molar-refractivity contribution >= 4 is 12.0 Å². The topological polar surface area (TPSA) is 29.4 Å². The van der Waals surface area contributed by atoms with Crippen molar-refractivity contribution in [1.29, 1.82) is 0 Å². The summed E-state index contributed by atoms with van der Waals surface area (Å²) in [6, 6.07) is 7.94. The van der Waals surface area contributed by atoms with Crippen LogP contribution in [0.4, 0.5) is 0 Å². The lowest BCUT2D eigenvalue weighted by Crippen LogP contribution is -2.11. The molecule has 0 atom stereocenters. The third-order valence-electron chi connectivity index (χ3n) is 3.38. The van der Waals surface area contributed by atoms with Gasteiger partial charge in [0.1, 0.15) is 0 Å². The molecule has 2 aliphatic rings. The Hall–Kier alpha value is -1.70. The number of rotatable bonds is 0. The number of dihydropyridines is 1. The van der Waals surface area contributed by atoms with Gasteiger partial charge in [-0.25, -0.2) is 0 Å². The van der Waals surface area contributed by atoms with Gasteiger partial charge < -0.3 is 0 Å². The fourth-order valence-corrected chi connectivity index (χ4v) is 2.46. The van der Waals surface area contributed by atoms with Crippen LogP contribution >= 0.6 is 0 Å². The molecule has 2 nitrogen and oxygen atoms in total. The number of hydrogen-bond donors (Lipinski definition) is 0. The molecule has 0 bridgehead atoms. The molecule has 0 fully saturated rings. The van der Waals surface area contributed by atoms with Crippen LogP contribution in [0.3, 0.4) is 0 Å². The number of aryl methyl sites for hydroxylation is 1. The molecule has 0 saturated heterocycles. The Bertz CT molecular complexity index is 511. The lowest BCUT2D eigenvalue weighted by Gasteiger charge is -2.12. The molecule has 1 aromatic carbocycles. The fourth-order valence-electron chi connectivity index (χ4n) is 2.46. The maximum absolute atomic E-state index is 12.3. The number of allylic oxidation sites excluding steroid dienone is 1. The Morgan fingerprint density at radius 3 is 2.94 bits per heavy atom. The number of aliphatic imine (C=N–C) groups is 1. The second kappa shape index (κ2) is 3.71. The van der Waals surface area contributed by atoms with Crippen LogP contribution in [0.15, 0.2) is 40.4 Å². The molecule has 0 saturated carbocycles. The minimum atomic E-state index is 0.194. The highest BCUT2D eigenvalue weighted by Gasteiger charge is 2.23. The Balaban J connectivity index is 2.10. The Morgan fingerprint density at radius 2 is 2.00 bits per heavy atom. The number of benzene rings is 1. The van der Waals surface area contributed by atoms with Crippen LogP contribution < -0.4 is 0 Å². The van der Waals surface area contributed by atoms with Gasteiger partial charge in [0.2, 0.25) is 0 Å². The summed E-state index contributed by atoms with van der Waals surface area (Å²) in [5, 5.41) is 0. The van der Waals surface area contributed by atoms with E-state index < -0.39 is 0 Å². The van der Waals surface area contributed by atoms with Crippen molar-refractivity contribution < 1.29 is 4.79 Å². The lowest BCUT2D eigenvalue weighted by molar-refractivity contribution is 0.103. The summed E-state index contributed by atoms with van der Waals surface area (Å²) < 4.78 is 0. The average Bonchev–Trinajstić information content (AvgIpc) is 2.49. The molecule has 1 heterocycles. The SMILES string of the molecule is O=C1C2=C(CC=NC2)CCc2ccccc21. The molecule has 3 rings (SSSR count). The number of carbonyl (C=O) groups excluding carboxylic acids is 1. The average molecular weight is 211 g/mol. The molecule has 0 aromatic heterocycles. The first kappa shape index (κ1) is 9.52. The lowest BCUT2D eigenvalue weighted by atomic mass is 9.96. The van der Waals surface area contributed by atoms with Crippen molar-refractivity contribution in [3.8, 4) is 0 Å². The van der Waals surface area contributed by atoms with Gasteiger partial charge in [-0.2, -0.15) is 0 Å². The van der Waals surface area contributed by atoms with Crippen LogP contribution in [0.2, 0.25) is 0 Å². The minimum absolute atomic E-state index is 0.194. The molecule has 0 unspecified atom stereocenters. The predicted octanol–water partition coefficient (Wildman–Crippen LogP) is 2.59. The van der Waals surface area contributed by atoms with E-state index in [4.69, 9.17) is 0 Å². The van der Waals surface area contributed by atoms with Gasteiger partial charge in [0.15, 0.2) is 5.78 Å². The summed E-state index contributed by atoms with van der Waals surface area (Å²) in [6.45, 7) is 0.572. The number of nitrogens with zero attached hydrogens (tertiary/aromatic N) is 1. The van der Waals surface area contributed by atoms with E-state index in [2.05, 4.69) is 11.1 Å². The van der Waals surface area contributed by atoms with Gasteiger partial charge in [-0.05, 0) is 18.4 Å². The molecule has 2 heteroatoms. The quantitative estimate of drug-likeness (QED) is 0.648. The van der Waals surface area contributed by atoms with Crippen molar-refractivity contribution in [3.63, 3.8) is 0 Å². The molecule has 1 aliphatic heterocycles. The zero-order valence-electron chi connectivity index (χ0n) is 9.07. The highest BCUT2D eigenvalue weighted by molar-refractivity contribution is 6.11. The zero-order valence-corrected chi connectivity index (χ0v) is 9.07. The summed E-state index contributed by atoms with van der Waals surface area (Å²) in [6.07, 6.45) is 4.77. The number of hydrogen-bond acceptors (Lipinski definition) is 2. The van der Waals surface area contributed by atoms with E-state index in [1.54, 1.807) is 0 Å². The van der Waals surface area contributed by atoms with Crippen LogP contribution in [0, 0.1) is 0 Å². The Kier molecular flexibility index (Phi) is 2.21. The van der Waals surface area contributed by atoms with Gasteiger partial charge in [0, 0.05) is 23.8 Å². The first-order chi connectivity index (χ1) is 7.86. The van der Waals surface area contributed by atoms with Crippen LogP contribution in [0.1, 0.15) is 28.8 Å². The molecule has 1 aromatic rings. The molecule has 80 valence electrons. The van der Waals surface area contributed by atoms with E-state index in [0.29, 0.717) is 6.54 Å². The van der Waals surface area contributed by atoms with Crippen molar-refractivity contribution in [2.24, 2.45) is 4.99 Å². The van der Waals surface area contributed by atoms with E-state index in [1.165, 1.54) is 11.1 Å². The molecule has 0 spiro atoms. The second-order valence-corrected chi connectivity index (χ2v) is 4.30.